The zero-order valence-corrected chi connectivity index (χ0v) is 9.57. The molecule has 3 rings (SSSR count). The van der Waals surface area contributed by atoms with Crippen LogP contribution in [0.4, 0.5) is 19.1 Å². The fourth-order valence-electron chi connectivity index (χ4n) is 1.98. The van der Waals surface area contributed by atoms with E-state index in [1.54, 1.807) is 0 Å². The quantitative estimate of drug-likeness (QED) is 0.733. The number of hydrogen-bond acceptors (Lipinski definition) is 2. The van der Waals surface area contributed by atoms with Crippen molar-refractivity contribution in [2.75, 3.05) is 5.73 Å². The summed E-state index contributed by atoms with van der Waals surface area (Å²) in [6, 6.07) is 6.78. The van der Waals surface area contributed by atoms with Crippen molar-refractivity contribution in [2.24, 2.45) is 0 Å². The third kappa shape index (κ3) is 1.81. The van der Waals surface area contributed by atoms with Crippen LogP contribution >= 0.6 is 0 Å². The predicted octanol–water partition coefficient (Wildman–Crippen LogP) is 3.03. The van der Waals surface area contributed by atoms with Gasteiger partial charge in [0.15, 0.2) is 0 Å². The van der Waals surface area contributed by atoms with Crippen molar-refractivity contribution in [3.63, 3.8) is 0 Å². The molecule has 0 aliphatic rings. The highest BCUT2D eigenvalue weighted by Crippen LogP contribution is 2.25. The fourth-order valence-corrected chi connectivity index (χ4v) is 1.98. The number of nitrogen functional groups attached to an aromatic ring is 1. The molecule has 0 aliphatic heterocycles. The third-order valence-corrected chi connectivity index (χ3v) is 2.79. The first-order valence-corrected chi connectivity index (χ1v) is 5.45. The normalized spacial score (nSPS) is 11.1. The van der Waals surface area contributed by atoms with Gasteiger partial charge in [-0.1, -0.05) is 0 Å². The summed E-state index contributed by atoms with van der Waals surface area (Å²) < 4.78 is 41.5. The predicted molar refractivity (Wildman–Crippen MR) is 65.4 cm³/mol. The van der Waals surface area contributed by atoms with Gasteiger partial charge < -0.3 is 5.73 Å². The highest BCUT2D eigenvalue weighted by Gasteiger charge is 2.14. The second-order valence-electron chi connectivity index (χ2n) is 4.03. The van der Waals surface area contributed by atoms with E-state index in [1.807, 2.05) is 0 Å². The maximum atomic E-state index is 13.8. The molecule has 0 aliphatic carbocycles. The van der Waals surface area contributed by atoms with Crippen LogP contribution < -0.4 is 5.73 Å². The van der Waals surface area contributed by atoms with E-state index in [0.717, 1.165) is 18.2 Å². The van der Waals surface area contributed by atoms with Gasteiger partial charge in [-0.15, -0.1) is 0 Å². The first-order valence-electron chi connectivity index (χ1n) is 5.45. The molecule has 0 bridgehead atoms. The lowest BCUT2D eigenvalue weighted by atomic mass is 10.2. The van der Waals surface area contributed by atoms with Gasteiger partial charge in [0.25, 0.3) is 0 Å². The molecule has 1 aromatic heterocycles. The number of anilines is 1. The van der Waals surface area contributed by atoms with Crippen molar-refractivity contribution < 1.29 is 13.2 Å². The van der Waals surface area contributed by atoms with Crippen LogP contribution in [-0.4, -0.2) is 9.55 Å². The molecule has 0 amide bonds. The van der Waals surface area contributed by atoms with Gasteiger partial charge in [0.2, 0.25) is 5.95 Å². The molecule has 3 nitrogen and oxygen atoms in total. The van der Waals surface area contributed by atoms with Gasteiger partial charge in [-0.3, -0.25) is 4.57 Å². The van der Waals surface area contributed by atoms with Crippen molar-refractivity contribution in [2.45, 2.75) is 0 Å². The van der Waals surface area contributed by atoms with Crippen LogP contribution in [0.1, 0.15) is 0 Å². The second kappa shape index (κ2) is 4.01. The van der Waals surface area contributed by atoms with E-state index in [1.165, 1.54) is 22.8 Å². The number of halogens is 3. The average molecular weight is 263 g/mol. The first-order chi connectivity index (χ1) is 9.06. The number of rotatable bonds is 1. The summed E-state index contributed by atoms with van der Waals surface area (Å²) in [5.41, 5.74) is 6.27. The van der Waals surface area contributed by atoms with Gasteiger partial charge in [0.05, 0.1) is 16.7 Å². The van der Waals surface area contributed by atoms with Crippen molar-refractivity contribution in [1.29, 1.82) is 0 Å². The molecule has 0 saturated carbocycles. The van der Waals surface area contributed by atoms with Crippen LogP contribution in [0.3, 0.4) is 0 Å². The molecule has 2 aromatic carbocycles. The lowest BCUT2D eigenvalue weighted by molar-refractivity contribution is 0.594. The van der Waals surface area contributed by atoms with Crippen LogP contribution in [-0.2, 0) is 0 Å². The molecule has 0 radical (unpaired) electrons. The third-order valence-electron chi connectivity index (χ3n) is 2.79. The number of aromatic nitrogens is 2. The van der Waals surface area contributed by atoms with Gasteiger partial charge in [-0.25, -0.2) is 18.2 Å². The van der Waals surface area contributed by atoms with Crippen LogP contribution in [0.2, 0.25) is 0 Å². The van der Waals surface area contributed by atoms with E-state index in [0.29, 0.717) is 5.52 Å². The van der Waals surface area contributed by atoms with Crippen LogP contribution in [0.15, 0.2) is 36.4 Å². The number of hydrogen-bond donors (Lipinski definition) is 1. The number of benzene rings is 2. The largest absolute Gasteiger partial charge is 0.369 e. The van der Waals surface area contributed by atoms with Crippen molar-refractivity contribution in [1.82, 2.24) is 9.55 Å². The van der Waals surface area contributed by atoms with Crippen LogP contribution in [0, 0.1) is 17.5 Å². The molecule has 19 heavy (non-hydrogen) atoms. The molecular formula is C13H8F3N3. The summed E-state index contributed by atoms with van der Waals surface area (Å²) in [7, 11) is 0. The monoisotopic (exact) mass is 263 g/mol. The van der Waals surface area contributed by atoms with E-state index in [9.17, 15) is 13.2 Å². The van der Waals surface area contributed by atoms with E-state index < -0.39 is 17.5 Å². The lowest BCUT2D eigenvalue weighted by Crippen LogP contribution is -2.03. The summed E-state index contributed by atoms with van der Waals surface area (Å²) >= 11 is 0. The molecule has 0 saturated heterocycles. The number of nitrogens with two attached hydrogens (primary N) is 1. The van der Waals surface area contributed by atoms with E-state index in [4.69, 9.17) is 5.73 Å². The Labute approximate surface area is 106 Å². The Morgan fingerprint density at radius 2 is 1.63 bits per heavy atom. The number of fused-ring (bicyclic) bond motifs is 1. The topological polar surface area (TPSA) is 43.8 Å². The Bertz CT molecular complexity index is 780. The molecule has 0 atom stereocenters. The summed E-state index contributed by atoms with van der Waals surface area (Å²) in [4.78, 5) is 3.99. The lowest BCUT2D eigenvalue weighted by Gasteiger charge is -2.07. The summed E-state index contributed by atoms with van der Waals surface area (Å²) in [5, 5.41) is 0. The molecule has 6 heteroatoms. The molecule has 96 valence electrons. The minimum atomic E-state index is -0.670. The van der Waals surface area contributed by atoms with Gasteiger partial charge in [-0.05, 0) is 24.3 Å². The van der Waals surface area contributed by atoms with Crippen molar-refractivity contribution in [3.05, 3.63) is 53.8 Å². The van der Waals surface area contributed by atoms with Gasteiger partial charge in [0.1, 0.15) is 17.5 Å². The standard InChI is InChI=1S/C13H8F3N3/c14-7-1-3-9(16)11(5-7)19-12-6-8(15)2-4-10(12)18-13(19)17/h1-6H,(H2,17,18). The van der Waals surface area contributed by atoms with Gasteiger partial charge >= 0.3 is 0 Å². The highest BCUT2D eigenvalue weighted by molar-refractivity contribution is 5.80. The minimum absolute atomic E-state index is 0.0369. The van der Waals surface area contributed by atoms with Crippen molar-refractivity contribution in [3.8, 4) is 5.69 Å². The van der Waals surface area contributed by atoms with Crippen LogP contribution in [0.5, 0.6) is 0 Å². The van der Waals surface area contributed by atoms with Crippen LogP contribution in [0.25, 0.3) is 16.7 Å². The molecule has 0 spiro atoms. The fraction of sp³-hybridized carbons (Fsp3) is 0. The molecule has 3 aromatic rings. The molecule has 0 unspecified atom stereocenters. The van der Waals surface area contributed by atoms with E-state index in [2.05, 4.69) is 4.98 Å². The van der Waals surface area contributed by atoms with E-state index >= 15 is 0 Å². The maximum absolute atomic E-state index is 13.8. The smallest absolute Gasteiger partial charge is 0.206 e. The zero-order valence-electron chi connectivity index (χ0n) is 9.57. The Balaban J connectivity index is 2.38. The molecule has 1 heterocycles. The molecule has 0 fully saturated rings. The Kier molecular flexibility index (Phi) is 2.45. The van der Waals surface area contributed by atoms with Crippen molar-refractivity contribution >= 4 is 17.0 Å². The minimum Gasteiger partial charge on any atom is -0.369 e. The molecular weight excluding hydrogens is 255 g/mol. The first kappa shape index (κ1) is 11.6. The Hall–Kier alpha value is -2.50. The Morgan fingerprint density at radius 1 is 0.947 bits per heavy atom. The Morgan fingerprint density at radius 3 is 2.42 bits per heavy atom. The summed E-state index contributed by atoms with van der Waals surface area (Å²) in [6.07, 6.45) is 0. The average Bonchev–Trinajstić information content (AvgIpc) is 2.68. The van der Waals surface area contributed by atoms with E-state index in [-0.39, 0.29) is 17.2 Å². The summed E-state index contributed by atoms with van der Waals surface area (Å²) in [6.45, 7) is 0. The number of nitrogens with zero attached hydrogens (tertiary/aromatic N) is 2. The molecule has 2 N–H and O–H groups in total. The summed E-state index contributed by atoms with van der Waals surface area (Å²) in [5.74, 6) is -1.83. The maximum Gasteiger partial charge on any atom is 0.206 e. The second-order valence-corrected chi connectivity index (χ2v) is 4.03. The van der Waals surface area contributed by atoms with Gasteiger partial charge in [-0.2, -0.15) is 0 Å². The number of imidazole rings is 1. The SMILES string of the molecule is Nc1nc2ccc(F)cc2n1-c1cc(F)ccc1F. The zero-order chi connectivity index (χ0) is 13.6. The highest BCUT2D eigenvalue weighted by atomic mass is 19.1. The van der Waals surface area contributed by atoms with Gasteiger partial charge in [0, 0.05) is 12.1 Å².